The molecule has 35 heavy (non-hydrogen) atoms. The van der Waals surface area contributed by atoms with Crippen molar-refractivity contribution in [1.82, 2.24) is 15.2 Å². The zero-order chi connectivity index (χ0) is 24.7. The number of methoxy groups -OCH3 is 1. The maximum Gasteiger partial charge on any atom is 0.338 e. The highest BCUT2D eigenvalue weighted by Gasteiger charge is 2.36. The third kappa shape index (κ3) is 4.34. The fourth-order valence-corrected chi connectivity index (χ4v) is 5.37. The lowest BCUT2D eigenvalue weighted by molar-refractivity contribution is -0.117. The summed E-state index contributed by atoms with van der Waals surface area (Å²) in [5, 5.41) is 12.7. The predicted octanol–water partition coefficient (Wildman–Crippen LogP) is 1.22. The van der Waals surface area contributed by atoms with Crippen LogP contribution in [-0.2, 0) is 16.1 Å². The van der Waals surface area contributed by atoms with Crippen molar-refractivity contribution in [3.05, 3.63) is 52.2 Å². The van der Waals surface area contributed by atoms with Gasteiger partial charge in [0.1, 0.15) is 29.8 Å². The number of pyridine rings is 1. The van der Waals surface area contributed by atoms with Crippen molar-refractivity contribution in [2.24, 2.45) is 11.7 Å². The van der Waals surface area contributed by atoms with Gasteiger partial charge < -0.3 is 15.2 Å². The van der Waals surface area contributed by atoms with Crippen molar-refractivity contribution in [2.75, 3.05) is 38.2 Å². The number of hydrogen-bond acceptors (Lipinski definition) is 9. The number of amides is 1. The quantitative estimate of drug-likeness (QED) is 0.611. The summed E-state index contributed by atoms with van der Waals surface area (Å²) in [6.45, 7) is 5.03. The monoisotopic (exact) mass is 476 g/mol. The van der Waals surface area contributed by atoms with Crippen LogP contribution < -0.4 is 20.7 Å². The number of nitrogens with one attached hydrogen (secondary N) is 1. The highest BCUT2D eigenvalue weighted by Crippen LogP contribution is 2.32. The highest BCUT2D eigenvalue weighted by molar-refractivity contribution is 5.95. The van der Waals surface area contributed by atoms with Gasteiger partial charge in [-0.05, 0) is 30.0 Å². The van der Waals surface area contributed by atoms with Gasteiger partial charge in [-0.15, -0.1) is 0 Å². The molecule has 1 aromatic carbocycles. The van der Waals surface area contributed by atoms with Crippen molar-refractivity contribution in [3.63, 3.8) is 0 Å². The molecule has 0 bridgehead atoms. The number of nitrogens with zero attached hydrogens (tertiary/aromatic N) is 4. The Hall–Kier alpha value is -3.52. The third-order valence-electron chi connectivity index (χ3n) is 7.08. The minimum Gasteiger partial charge on any atom is -0.495 e. The van der Waals surface area contributed by atoms with Crippen LogP contribution in [0.3, 0.4) is 0 Å². The lowest BCUT2D eigenvalue weighted by atomic mass is 9.92. The summed E-state index contributed by atoms with van der Waals surface area (Å²) >= 11 is 0. The van der Waals surface area contributed by atoms with E-state index in [1.54, 1.807) is 11.0 Å². The molecule has 2 fully saturated rings. The molecule has 4 heterocycles. The Morgan fingerprint density at radius 2 is 2.14 bits per heavy atom. The molecule has 0 spiro atoms. The fourth-order valence-electron chi connectivity index (χ4n) is 5.37. The third-order valence-corrected chi connectivity index (χ3v) is 7.08. The first-order chi connectivity index (χ1) is 16.9. The number of carbonyl (C=O) groups excluding carboxylic acids is 2. The summed E-state index contributed by atoms with van der Waals surface area (Å²) in [5.41, 5.74) is 10.4. The molecule has 2 aromatic rings. The van der Waals surface area contributed by atoms with Gasteiger partial charge in [0.15, 0.2) is 0 Å². The van der Waals surface area contributed by atoms with Crippen LogP contribution in [0.1, 0.15) is 45.1 Å². The van der Waals surface area contributed by atoms with E-state index in [1.807, 2.05) is 25.1 Å². The van der Waals surface area contributed by atoms with Crippen molar-refractivity contribution in [3.8, 4) is 11.8 Å². The fraction of sp³-hybridized carbons (Fsp3) is 0.440. The molecule has 3 atom stereocenters. The van der Waals surface area contributed by atoms with Crippen molar-refractivity contribution < 1.29 is 19.1 Å². The SMILES string of the molecule is COc1cc(N2CC(CN3C[C@@H](c4ccc5c(c4C)COC5=O)N[C@@H](N)C3)CC2=O)ncc1C#N. The van der Waals surface area contributed by atoms with Gasteiger partial charge in [0.25, 0.3) is 0 Å². The number of benzene rings is 1. The number of carbonyl (C=O) groups is 2. The first kappa shape index (κ1) is 23.2. The molecule has 5 rings (SSSR count). The van der Waals surface area contributed by atoms with Crippen LogP contribution in [0.5, 0.6) is 5.75 Å². The number of aromatic nitrogens is 1. The van der Waals surface area contributed by atoms with Crippen molar-refractivity contribution in [1.29, 1.82) is 5.26 Å². The number of cyclic esters (lactones) is 1. The minimum atomic E-state index is -0.269. The van der Waals surface area contributed by atoms with Gasteiger partial charge in [-0.2, -0.15) is 5.26 Å². The van der Waals surface area contributed by atoms with Crippen molar-refractivity contribution in [2.45, 2.75) is 32.2 Å². The van der Waals surface area contributed by atoms with Gasteiger partial charge in [-0.3, -0.25) is 19.9 Å². The summed E-state index contributed by atoms with van der Waals surface area (Å²) in [4.78, 5) is 33.0. The van der Waals surface area contributed by atoms with Crippen LogP contribution in [0.15, 0.2) is 24.4 Å². The summed E-state index contributed by atoms with van der Waals surface area (Å²) in [7, 11) is 1.49. The second kappa shape index (κ2) is 9.26. The first-order valence-corrected chi connectivity index (χ1v) is 11.7. The lowest BCUT2D eigenvalue weighted by Gasteiger charge is -2.39. The average Bonchev–Trinajstić information content (AvgIpc) is 3.40. The van der Waals surface area contributed by atoms with Crippen LogP contribution in [-0.4, -0.2) is 61.2 Å². The highest BCUT2D eigenvalue weighted by atomic mass is 16.5. The zero-order valence-corrected chi connectivity index (χ0v) is 19.8. The molecule has 2 saturated heterocycles. The van der Waals surface area contributed by atoms with Gasteiger partial charge >= 0.3 is 5.97 Å². The Balaban J connectivity index is 1.28. The van der Waals surface area contributed by atoms with E-state index in [-0.39, 0.29) is 30.0 Å². The summed E-state index contributed by atoms with van der Waals surface area (Å²) in [6.07, 6.45) is 1.65. The van der Waals surface area contributed by atoms with E-state index in [4.69, 9.17) is 15.2 Å². The molecule has 3 aliphatic heterocycles. The molecule has 0 saturated carbocycles. The summed E-state index contributed by atoms with van der Waals surface area (Å²) in [6, 6.07) is 7.52. The van der Waals surface area contributed by atoms with Gasteiger partial charge in [0, 0.05) is 50.3 Å². The van der Waals surface area contributed by atoms with Gasteiger partial charge in [0.05, 0.1) is 25.0 Å². The van der Waals surface area contributed by atoms with Crippen LogP contribution in [0, 0.1) is 24.2 Å². The minimum absolute atomic E-state index is 0.00405. The number of nitriles is 1. The maximum atomic E-state index is 12.8. The Kier molecular flexibility index (Phi) is 6.15. The predicted molar refractivity (Wildman–Crippen MR) is 127 cm³/mol. The van der Waals surface area contributed by atoms with Crippen molar-refractivity contribution >= 4 is 17.7 Å². The first-order valence-electron chi connectivity index (χ1n) is 11.7. The summed E-state index contributed by atoms with van der Waals surface area (Å²) < 4.78 is 10.5. The number of hydrogen-bond donors (Lipinski definition) is 2. The molecule has 10 heteroatoms. The Morgan fingerprint density at radius 1 is 1.31 bits per heavy atom. The number of piperazine rings is 1. The molecule has 182 valence electrons. The van der Waals surface area contributed by atoms with Gasteiger partial charge in [-0.1, -0.05) is 6.07 Å². The van der Waals surface area contributed by atoms with E-state index in [0.717, 1.165) is 29.8 Å². The van der Waals surface area contributed by atoms with Gasteiger partial charge in [-0.25, -0.2) is 9.78 Å². The molecular formula is C25H28N6O4. The van der Waals surface area contributed by atoms with Crippen LogP contribution in [0.25, 0.3) is 0 Å². The smallest absolute Gasteiger partial charge is 0.338 e. The second-order valence-electron chi connectivity index (χ2n) is 9.36. The Labute approximate surface area is 203 Å². The molecule has 1 aromatic heterocycles. The Morgan fingerprint density at radius 3 is 2.91 bits per heavy atom. The second-order valence-corrected chi connectivity index (χ2v) is 9.36. The number of fused-ring (bicyclic) bond motifs is 1. The zero-order valence-electron chi connectivity index (χ0n) is 19.8. The molecule has 0 aliphatic carbocycles. The lowest BCUT2D eigenvalue weighted by Crippen LogP contribution is -2.57. The topological polar surface area (TPSA) is 134 Å². The molecule has 10 nitrogen and oxygen atoms in total. The van der Waals surface area contributed by atoms with E-state index < -0.39 is 0 Å². The van der Waals surface area contributed by atoms with Crippen LogP contribution >= 0.6 is 0 Å². The van der Waals surface area contributed by atoms with E-state index in [1.165, 1.54) is 13.3 Å². The molecule has 3 aliphatic rings. The van der Waals surface area contributed by atoms with E-state index in [0.29, 0.717) is 48.8 Å². The number of nitrogens with two attached hydrogens (primary N) is 1. The average molecular weight is 477 g/mol. The molecule has 0 radical (unpaired) electrons. The molecular weight excluding hydrogens is 448 g/mol. The normalized spacial score (nSPS) is 24.3. The number of anilines is 1. The summed E-state index contributed by atoms with van der Waals surface area (Å²) in [5.74, 6) is 0.762. The maximum absolute atomic E-state index is 12.8. The standard InChI is InChI=1S/C25H28N6O4/c1-14-17(3-4-18-19(14)13-35-25(18)33)20-11-30(12-22(27)29-20)9-15-5-24(32)31(10-15)23-6-21(34-2)16(7-26)8-28-23/h3-4,6,8,15,20,22,29H,5,9-13,27H2,1-2H3/t15?,20-,22+/m0/s1. The molecule has 1 unspecified atom stereocenters. The number of ether oxygens (including phenoxy) is 2. The largest absolute Gasteiger partial charge is 0.495 e. The number of esters is 1. The van der Waals surface area contributed by atoms with Crippen LogP contribution in [0.2, 0.25) is 0 Å². The van der Waals surface area contributed by atoms with E-state index in [9.17, 15) is 14.9 Å². The molecule has 1 amide bonds. The van der Waals surface area contributed by atoms with E-state index >= 15 is 0 Å². The Bertz CT molecular complexity index is 1230. The van der Waals surface area contributed by atoms with Crippen LogP contribution in [0.4, 0.5) is 5.82 Å². The number of rotatable bonds is 5. The van der Waals surface area contributed by atoms with Gasteiger partial charge in [0.2, 0.25) is 5.91 Å². The molecule has 3 N–H and O–H groups in total. The van der Waals surface area contributed by atoms with E-state index in [2.05, 4.69) is 15.2 Å².